The maximum Gasteiger partial charge on any atom is 0.0684 e. The van der Waals surface area contributed by atoms with Crippen molar-refractivity contribution in [3.05, 3.63) is 6.92 Å². The van der Waals surface area contributed by atoms with Gasteiger partial charge in [0, 0.05) is 0 Å². The van der Waals surface area contributed by atoms with Gasteiger partial charge in [0.15, 0.2) is 0 Å². The maximum atomic E-state index is 5.04. The predicted molar refractivity (Wildman–Crippen MR) is 31.7 cm³/mol. The third-order valence-corrected chi connectivity index (χ3v) is 0.838. The Hall–Kier alpha value is -0.480. The average molecular weight is 96.2 g/mol. The third kappa shape index (κ3) is 2.24. The molecule has 1 unspecified atom stereocenters. The summed E-state index contributed by atoms with van der Waals surface area (Å²) in [5.74, 6) is 2.53. The van der Waals surface area contributed by atoms with Crippen molar-refractivity contribution in [2.24, 2.45) is 0 Å². The number of nitrogens with one attached hydrogen (secondary N) is 1. The highest BCUT2D eigenvalue weighted by Gasteiger charge is 1.91. The molecule has 0 heterocycles. The Balaban J connectivity index is 3.23. The highest BCUT2D eigenvalue weighted by atomic mass is 14.8. The van der Waals surface area contributed by atoms with Crippen molar-refractivity contribution >= 4 is 0 Å². The van der Waals surface area contributed by atoms with Crippen LogP contribution in [0.4, 0.5) is 0 Å². The van der Waals surface area contributed by atoms with Gasteiger partial charge >= 0.3 is 0 Å². The van der Waals surface area contributed by atoms with Crippen molar-refractivity contribution < 1.29 is 0 Å². The van der Waals surface area contributed by atoms with Gasteiger partial charge in [0.05, 0.1) is 6.04 Å². The fraction of sp³-hybridized carbons (Fsp3) is 0.500. The minimum absolute atomic E-state index is 0.153. The Kier molecular flexibility index (Phi) is 3.45. The van der Waals surface area contributed by atoms with E-state index in [-0.39, 0.29) is 6.04 Å². The molecule has 0 amide bonds. The number of terminal acetylenes is 1. The SMILES string of the molecule is C#CC(C[CH2])NC. The molecule has 0 aromatic carbocycles. The van der Waals surface area contributed by atoms with Crippen LogP contribution in [-0.4, -0.2) is 13.1 Å². The van der Waals surface area contributed by atoms with Crippen LogP contribution in [0, 0.1) is 19.3 Å². The van der Waals surface area contributed by atoms with Gasteiger partial charge in [0.25, 0.3) is 0 Å². The summed E-state index contributed by atoms with van der Waals surface area (Å²) < 4.78 is 0. The lowest BCUT2D eigenvalue weighted by atomic mass is 10.2. The highest BCUT2D eigenvalue weighted by molar-refractivity contribution is 4.97. The smallest absolute Gasteiger partial charge is 0.0684 e. The first-order valence-electron chi connectivity index (χ1n) is 2.27. The molecular formula is C6H10N. The van der Waals surface area contributed by atoms with Gasteiger partial charge in [-0.3, -0.25) is 0 Å². The van der Waals surface area contributed by atoms with Gasteiger partial charge in [0.2, 0.25) is 0 Å². The summed E-state index contributed by atoms with van der Waals surface area (Å²) in [4.78, 5) is 0. The van der Waals surface area contributed by atoms with E-state index in [4.69, 9.17) is 6.42 Å². The van der Waals surface area contributed by atoms with Crippen LogP contribution in [0.25, 0.3) is 0 Å². The summed E-state index contributed by atoms with van der Waals surface area (Å²) in [6.45, 7) is 3.62. The second-order valence-electron chi connectivity index (χ2n) is 1.30. The van der Waals surface area contributed by atoms with Crippen LogP contribution in [-0.2, 0) is 0 Å². The van der Waals surface area contributed by atoms with Crippen molar-refractivity contribution in [2.75, 3.05) is 7.05 Å². The molecule has 0 saturated carbocycles. The van der Waals surface area contributed by atoms with Crippen molar-refractivity contribution in [2.45, 2.75) is 12.5 Å². The lowest BCUT2D eigenvalue weighted by molar-refractivity contribution is 0.695. The van der Waals surface area contributed by atoms with E-state index in [2.05, 4.69) is 18.2 Å². The van der Waals surface area contributed by atoms with Gasteiger partial charge in [-0.1, -0.05) is 12.8 Å². The first-order valence-corrected chi connectivity index (χ1v) is 2.27. The normalized spacial score (nSPS) is 12.7. The lowest BCUT2D eigenvalue weighted by Gasteiger charge is -2.01. The summed E-state index contributed by atoms with van der Waals surface area (Å²) in [7, 11) is 1.83. The molecule has 0 aromatic rings. The molecule has 0 saturated heterocycles. The van der Waals surface area contributed by atoms with E-state index in [0.717, 1.165) is 6.42 Å². The van der Waals surface area contributed by atoms with Crippen LogP contribution in [0.3, 0.4) is 0 Å². The van der Waals surface area contributed by atoms with Crippen molar-refractivity contribution in [1.82, 2.24) is 5.32 Å². The van der Waals surface area contributed by atoms with E-state index < -0.39 is 0 Å². The van der Waals surface area contributed by atoms with Crippen LogP contribution in [0.1, 0.15) is 6.42 Å². The zero-order valence-corrected chi connectivity index (χ0v) is 4.57. The summed E-state index contributed by atoms with van der Waals surface area (Å²) >= 11 is 0. The Labute approximate surface area is 45.1 Å². The second-order valence-corrected chi connectivity index (χ2v) is 1.30. The van der Waals surface area contributed by atoms with Gasteiger partial charge < -0.3 is 5.32 Å². The zero-order chi connectivity index (χ0) is 5.70. The molecule has 39 valence electrons. The van der Waals surface area contributed by atoms with Crippen LogP contribution in [0.5, 0.6) is 0 Å². The fourth-order valence-electron chi connectivity index (χ4n) is 0.311. The molecular weight excluding hydrogens is 86.1 g/mol. The third-order valence-electron chi connectivity index (χ3n) is 0.838. The Morgan fingerprint density at radius 2 is 2.57 bits per heavy atom. The Bertz CT molecular complexity index is 66.7. The van der Waals surface area contributed by atoms with Crippen LogP contribution < -0.4 is 5.32 Å². The van der Waals surface area contributed by atoms with Gasteiger partial charge in [-0.15, -0.1) is 6.42 Å². The minimum Gasteiger partial charge on any atom is -0.307 e. The monoisotopic (exact) mass is 96.1 g/mol. The second kappa shape index (κ2) is 3.70. The molecule has 0 fully saturated rings. The molecule has 0 aliphatic carbocycles. The Morgan fingerprint density at radius 1 is 2.00 bits per heavy atom. The largest absolute Gasteiger partial charge is 0.307 e. The standard InChI is InChI=1S/C6H10N/c1-4-6(5-2)7-3/h1,6-7H,2,5H2,3H3. The number of hydrogen-bond acceptors (Lipinski definition) is 1. The zero-order valence-electron chi connectivity index (χ0n) is 4.57. The van der Waals surface area contributed by atoms with E-state index >= 15 is 0 Å². The molecule has 0 aliphatic heterocycles. The average Bonchev–Trinajstić information content (AvgIpc) is 1.72. The van der Waals surface area contributed by atoms with Crippen molar-refractivity contribution in [1.29, 1.82) is 0 Å². The summed E-state index contributed by atoms with van der Waals surface area (Å²) in [5, 5.41) is 2.90. The molecule has 1 atom stereocenters. The number of rotatable bonds is 2. The predicted octanol–water partition coefficient (Wildman–Crippen LogP) is 0.432. The van der Waals surface area contributed by atoms with Crippen molar-refractivity contribution in [3.8, 4) is 12.3 Å². The molecule has 0 aliphatic rings. The molecule has 1 radical (unpaired) electrons. The lowest BCUT2D eigenvalue weighted by Crippen LogP contribution is -2.21. The summed E-state index contributed by atoms with van der Waals surface area (Å²) in [6.07, 6.45) is 5.80. The summed E-state index contributed by atoms with van der Waals surface area (Å²) in [5.41, 5.74) is 0. The molecule has 0 spiro atoms. The molecule has 1 nitrogen and oxygen atoms in total. The van der Waals surface area contributed by atoms with E-state index in [1.165, 1.54) is 0 Å². The quantitative estimate of drug-likeness (QED) is 0.492. The molecule has 0 aromatic heterocycles. The van der Waals surface area contributed by atoms with Crippen LogP contribution in [0.15, 0.2) is 0 Å². The minimum atomic E-state index is 0.153. The first-order chi connectivity index (χ1) is 3.35. The van der Waals surface area contributed by atoms with E-state index in [9.17, 15) is 0 Å². The van der Waals surface area contributed by atoms with Gasteiger partial charge in [-0.25, -0.2) is 0 Å². The van der Waals surface area contributed by atoms with Gasteiger partial charge in [-0.05, 0) is 13.5 Å². The molecule has 0 rings (SSSR count). The molecule has 1 heteroatoms. The van der Waals surface area contributed by atoms with E-state index in [0.29, 0.717) is 0 Å². The number of hydrogen-bond donors (Lipinski definition) is 1. The van der Waals surface area contributed by atoms with E-state index in [1.807, 2.05) is 7.05 Å². The summed E-state index contributed by atoms with van der Waals surface area (Å²) in [6, 6.07) is 0.153. The highest BCUT2D eigenvalue weighted by Crippen LogP contribution is 1.82. The molecule has 1 N–H and O–H groups in total. The Morgan fingerprint density at radius 3 is 2.57 bits per heavy atom. The van der Waals surface area contributed by atoms with Gasteiger partial charge in [0.1, 0.15) is 0 Å². The maximum absolute atomic E-state index is 5.04. The van der Waals surface area contributed by atoms with Gasteiger partial charge in [-0.2, -0.15) is 0 Å². The van der Waals surface area contributed by atoms with Crippen molar-refractivity contribution in [3.63, 3.8) is 0 Å². The van der Waals surface area contributed by atoms with Crippen LogP contribution >= 0.6 is 0 Å². The van der Waals surface area contributed by atoms with Crippen LogP contribution in [0.2, 0.25) is 0 Å². The molecule has 7 heavy (non-hydrogen) atoms. The first kappa shape index (κ1) is 6.52. The fourth-order valence-corrected chi connectivity index (χ4v) is 0.311. The molecule has 0 bridgehead atoms. The van der Waals surface area contributed by atoms with E-state index in [1.54, 1.807) is 0 Å². The topological polar surface area (TPSA) is 12.0 Å².